The lowest BCUT2D eigenvalue weighted by atomic mass is 10.0. The van der Waals surface area contributed by atoms with Crippen molar-refractivity contribution < 1.29 is 13.2 Å². The van der Waals surface area contributed by atoms with Gasteiger partial charge in [-0.05, 0) is 25.3 Å². The van der Waals surface area contributed by atoms with Crippen LogP contribution in [0.2, 0.25) is 0 Å². The van der Waals surface area contributed by atoms with Crippen molar-refractivity contribution >= 4 is 11.8 Å². The first-order chi connectivity index (χ1) is 10.9. The highest BCUT2D eigenvalue weighted by molar-refractivity contribution is 6.11. The van der Waals surface area contributed by atoms with Crippen molar-refractivity contribution in [1.82, 2.24) is 10.6 Å². The SMILES string of the molecule is Cc1cccc(C2=C(NC3CCCC3)NC(C(F)(F)F)N=C2)c1. The van der Waals surface area contributed by atoms with Crippen LogP contribution >= 0.6 is 0 Å². The van der Waals surface area contributed by atoms with Crippen LogP contribution in [0, 0.1) is 6.92 Å². The number of alkyl halides is 3. The maximum Gasteiger partial charge on any atom is 0.429 e. The molecule has 1 aliphatic carbocycles. The van der Waals surface area contributed by atoms with Crippen LogP contribution in [0.4, 0.5) is 13.2 Å². The number of benzene rings is 1. The molecule has 2 N–H and O–H groups in total. The first-order valence-electron chi connectivity index (χ1n) is 7.88. The Morgan fingerprint density at radius 1 is 1.22 bits per heavy atom. The van der Waals surface area contributed by atoms with Gasteiger partial charge in [0.05, 0.1) is 0 Å². The van der Waals surface area contributed by atoms with Gasteiger partial charge in [0.2, 0.25) is 6.17 Å². The third-order valence-electron chi connectivity index (χ3n) is 4.25. The monoisotopic (exact) mass is 323 g/mol. The summed E-state index contributed by atoms with van der Waals surface area (Å²) in [5.74, 6) is 0.430. The fraction of sp³-hybridized carbons (Fsp3) is 0.471. The second-order valence-electron chi connectivity index (χ2n) is 6.15. The zero-order chi connectivity index (χ0) is 16.4. The van der Waals surface area contributed by atoms with Crippen molar-refractivity contribution in [2.75, 3.05) is 0 Å². The molecule has 0 spiro atoms. The van der Waals surface area contributed by atoms with E-state index in [1.54, 1.807) is 0 Å². The lowest BCUT2D eigenvalue weighted by molar-refractivity contribution is -0.152. The number of hydrogen-bond acceptors (Lipinski definition) is 3. The molecular weight excluding hydrogens is 303 g/mol. The van der Waals surface area contributed by atoms with Gasteiger partial charge in [0.15, 0.2) is 0 Å². The Morgan fingerprint density at radius 2 is 1.96 bits per heavy atom. The maximum absolute atomic E-state index is 13.0. The summed E-state index contributed by atoms with van der Waals surface area (Å²) in [4.78, 5) is 3.65. The van der Waals surface area contributed by atoms with E-state index in [-0.39, 0.29) is 6.04 Å². The molecule has 1 fully saturated rings. The van der Waals surface area contributed by atoms with Crippen molar-refractivity contribution in [1.29, 1.82) is 0 Å². The highest BCUT2D eigenvalue weighted by Gasteiger charge is 2.41. The van der Waals surface area contributed by atoms with Crippen LogP contribution in [0.25, 0.3) is 5.57 Å². The molecule has 1 aliphatic heterocycles. The second kappa shape index (κ2) is 6.26. The molecule has 2 aliphatic rings. The minimum atomic E-state index is -4.41. The number of hydrogen-bond donors (Lipinski definition) is 2. The quantitative estimate of drug-likeness (QED) is 0.888. The van der Waals surface area contributed by atoms with Crippen molar-refractivity contribution in [3.05, 3.63) is 41.2 Å². The van der Waals surface area contributed by atoms with Gasteiger partial charge < -0.3 is 10.6 Å². The number of nitrogens with zero attached hydrogens (tertiary/aromatic N) is 1. The van der Waals surface area contributed by atoms with E-state index in [1.165, 1.54) is 6.21 Å². The molecule has 0 bridgehead atoms. The van der Waals surface area contributed by atoms with E-state index < -0.39 is 12.3 Å². The Labute approximate surface area is 133 Å². The van der Waals surface area contributed by atoms with Crippen molar-refractivity contribution in [2.45, 2.75) is 51.0 Å². The van der Waals surface area contributed by atoms with Gasteiger partial charge in [0, 0.05) is 17.8 Å². The maximum atomic E-state index is 13.0. The van der Waals surface area contributed by atoms with E-state index >= 15 is 0 Å². The Morgan fingerprint density at radius 3 is 2.61 bits per heavy atom. The van der Waals surface area contributed by atoms with Gasteiger partial charge >= 0.3 is 6.18 Å². The smallest absolute Gasteiger partial charge is 0.369 e. The number of aryl methyl sites for hydroxylation is 1. The zero-order valence-corrected chi connectivity index (χ0v) is 13.0. The normalized spacial score (nSPS) is 22.3. The lowest BCUT2D eigenvalue weighted by Crippen LogP contribution is -2.47. The molecule has 1 heterocycles. The summed E-state index contributed by atoms with van der Waals surface area (Å²) in [6.07, 6.45) is -0.763. The highest BCUT2D eigenvalue weighted by atomic mass is 19.4. The van der Waals surface area contributed by atoms with Gasteiger partial charge in [-0.1, -0.05) is 42.7 Å². The van der Waals surface area contributed by atoms with E-state index in [0.717, 1.165) is 36.8 Å². The van der Waals surface area contributed by atoms with Crippen LogP contribution < -0.4 is 10.6 Å². The molecule has 3 nitrogen and oxygen atoms in total. The molecule has 1 aromatic rings. The largest absolute Gasteiger partial charge is 0.429 e. The van der Waals surface area contributed by atoms with Gasteiger partial charge in [0.1, 0.15) is 5.82 Å². The first-order valence-corrected chi connectivity index (χ1v) is 7.88. The molecule has 6 heteroatoms. The van der Waals surface area contributed by atoms with Gasteiger partial charge in [-0.3, -0.25) is 4.99 Å². The van der Waals surface area contributed by atoms with Crippen LogP contribution in [0.15, 0.2) is 35.1 Å². The molecule has 1 aromatic carbocycles. The van der Waals surface area contributed by atoms with Crippen LogP contribution in [0.3, 0.4) is 0 Å². The molecule has 1 saturated carbocycles. The molecule has 3 rings (SSSR count). The minimum Gasteiger partial charge on any atom is -0.369 e. The van der Waals surface area contributed by atoms with E-state index in [1.807, 2.05) is 31.2 Å². The summed E-state index contributed by atoms with van der Waals surface area (Å²) in [5.41, 5.74) is 2.60. The molecule has 0 aromatic heterocycles. The van der Waals surface area contributed by atoms with E-state index in [4.69, 9.17) is 0 Å². The molecular formula is C17H20F3N3. The van der Waals surface area contributed by atoms with Gasteiger partial charge in [-0.2, -0.15) is 13.2 Å². The summed E-state index contributed by atoms with van der Waals surface area (Å²) in [6.45, 7) is 1.96. The first kappa shape index (κ1) is 15.9. The fourth-order valence-electron chi connectivity index (χ4n) is 3.06. The Hall–Kier alpha value is -1.98. The standard InChI is InChI=1S/C17H20F3N3/c1-11-5-4-6-12(9-11)14-10-21-16(17(18,19)20)23-15(14)22-13-7-2-3-8-13/h4-6,9-10,13,16,22-23H,2-3,7-8H2,1H3. The summed E-state index contributed by atoms with van der Waals surface area (Å²) in [7, 11) is 0. The lowest BCUT2D eigenvalue weighted by Gasteiger charge is -2.29. The van der Waals surface area contributed by atoms with Crippen LogP contribution in [0.5, 0.6) is 0 Å². The van der Waals surface area contributed by atoms with Crippen LogP contribution in [0.1, 0.15) is 36.8 Å². The third kappa shape index (κ3) is 3.68. The summed E-state index contributed by atoms with van der Waals surface area (Å²) in [5, 5.41) is 5.80. The molecule has 0 amide bonds. The van der Waals surface area contributed by atoms with Gasteiger partial charge in [-0.25, -0.2) is 0 Å². The molecule has 124 valence electrons. The number of nitrogens with one attached hydrogen (secondary N) is 2. The molecule has 0 saturated heterocycles. The predicted octanol–water partition coefficient (Wildman–Crippen LogP) is 3.76. The average molecular weight is 323 g/mol. The number of allylic oxidation sites excluding steroid dienone is 1. The van der Waals surface area contributed by atoms with E-state index in [2.05, 4.69) is 15.6 Å². The van der Waals surface area contributed by atoms with E-state index in [0.29, 0.717) is 11.4 Å². The second-order valence-corrected chi connectivity index (χ2v) is 6.15. The number of aliphatic imine (C=N–C) groups is 1. The molecule has 1 unspecified atom stereocenters. The zero-order valence-electron chi connectivity index (χ0n) is 13.0. The molecule has 0 radical (unpaired) electrons. The summed E-state index contributed by atoms with van der Waals surface area (Å²) < 4.78 is 39.0. The number of rotatable bonds is 3. The fourth-order valence-corrected chi connectivity index (χ4v) is 3.06. The summed E-state index contributed by atoms with van der Waals surface area (Å²) in [6, 6.07) is 7.92. The topological polar surface area (TPSA) is 36.4 Å². The summed E-state index contributed by atoms with van der Waals surface area (Å²) >= 11 is 0. The Bertz CT molecular complexity index is 628. The molecule has 23 heavy (non-hydrogen) atoms. The third-order valence-corrected chi connectivity index (χ3v) is 4.25. The minimum absolute atomic E-state index is 0.220. The van der Waals surface area contributed by atoms with Gasteiger partial charge in [-0.15, -0.1) is 0 Å². The van der Waals surface area contributed by atoms with E-state index in [9.17, 15) is 13.2 Å². The highest BCUT2D eigenvalue weighted by Crippen LogP contribution is 2.28. The van der Waals surface area contributed by atoms with Crippen molar-refractivity contribution in [2.24, 2.45) is 4.99 Å². The van der Waals surface area contributed by atoms with Gasteiger partial charge in [0.25, 0.3) is 0 Å². The van der Waals surface area contributed by atoms with Crippen molar-refractivity contribution in [3.63, 3.8) is 0 Å². The number of halogens is 3. The predicted molar refractivity (Wildman–Crippen MR) is 85.0 cm³/mol. The molecule has 1 atom stereocenters. The van der Waals surface area contributed by atoms with Crippen LogP contribution in [-0.2, 0) is 0 Å². The Kier molecular flexibility index (Phi) is 4.33. The van der Waals surface area contributed by atoms with Crippen LogP contribution in [-0.4, -0.2) is 24.6 Å². The average Bonchev–Trinajstić information content (AvgIpc) is 2.99. The Balaban J connectivity index is 1.92. The van der Waals surface area contributed by atoms with Crippen molar-refractivity contribution in [3.8, 4) is 0 Å².